The summed E-state index contributed by atoms with van der Waals surface area (Å²) in [5, 5.41) is 5.76. The molecule has 0 saturated carbocycles. The van der Waals surface area contributed by atoms with Crippen LogP contribution in [0.15, 0.2) is 48.5 Å². The van der Waals surface area contributed by atoms with Crippen molar-refractivity contribution in [3.63, 3.8) is 0 Å². The molecule has 2 aromatic rings. The van der Waals surface area contributed by atoms with Crippen molar-refractivity contribution in [3.05, 3.63) is 59.7 Å². The maximum absolute atomic E-state index is 12.7. The van der Waals surface area contributed by atoms with Crippen molar-refractivity contribution >= 4 is 11.8 Å². The van der Waals surface area contributed by atoms with Crippen LogP contribution in [-0.4, -0.2) is 38.1 Å². The van der Waals surface area contributed by atoms with E-state index in [0.717, 1.165) is 11.3 Å². The number of para-hydroxylation sites is 1. The molecule has 0 aliphatic heterocycles. The standard InChI is InChI=1S/C23H30N2O4/c1-5-29-19-12-10-18(11-13-19)22(26)25-21(16(2)3)23(27)24-15-14-17-8-6-7-9-20(17)28-4/h6-13,16,21H,5,14-15H2,1-4H3,(H,24,27)(H,25,26). The predicted molar refractivity (Wildman–Crippen MR) is 113 cm³/mol. The van der Waals surface area contributed by atoms with Crippen molar-refractivity contribution in [2.24, 2.45) is 5.92 Å². The molecule has 6 nitrogen and oxygen atoms in total. The Kier molecular flexibility index (Phi) is 8.52. The summed E-state index contributed by atoms with van der Waals surface area (Å²) in [4.78, 5) is 25.2. The lowest BCUT2D eigenvalue weighted by Crippen LogP contribution is -2.50. The molecule has 2 aromatic carbocycles. The number of hydrogen-bond donors (Lipinski definition) is 2. The van der Waals surface area contributed by atoms with Crippen LogP contribution in [0.4, 0.5) is 0 Å². The van der Waals surface area contributed by atoms with Gasteiger partial charge in [-0.05, 0) is 55.2 Å². The largest absolute Gasteiger partial charge is 0.496 e. The lowest BCUT2D eigenvalue weighted by molar-refractivity contribution is -0.123. The fourth-order valence-corrected chi connectivity index (χ4v) is 2.97. The molecule has 2 amide bonds. The fourth-order valence-electron chi connectivity index (χ4n) is 2.97. The zero-order chi connectivity index (χ0) is 21.2. The zero-order valence-electron chi connectivity index (χ0n) is 17.5. The van der Waals surface area contributed by atoms with E-state index in [4.69, 9.17) is 9.47 Å². The molecule has 0 saturated heterocycles. The second kappa shape index (κ2) is 11.1. The SMILES string of the molecule is CCOc1ccc(C(=O)NC(C(=O)NCCc2ccccc2OC)C(C)C)cc1. The third kappa shape index (κ3) is 6.52. The summed E-state index contributed by atoms with van der Waals surface area (Å²) in [5.41, 5.74) is 1.51. The van der Waals surface area contributed by atoms with E-state index in [2.05, 4.69) is 10.6 Å². The Morgan fingerprint density at radius 1 is 1.03 bits per heavy atom. The Morgan fingerprint density at radius 3 is 2.34 bits per heavy atom. The minimum atomic E-state index is -0.619. The highest BCUT2D eigenvalue weighted by Crippen LogP contribution is 2.17. The summed E-state index contributed by atoms with van der Waals surface area (Å²) in [6.45, 7) is 6.74. The Bertz CT molecular complexity index is 803. The van der Waals surface area contributed by atoms with Gasteiger partial charge in [-0.1, -0.05) is 32.0 Å². The van der Waals surface area contributed by atoms with Crippen LogP contribution < -0.4 is 20.1 Å². The van der Waals surface area contributed by atoms with Crippen molar-refractivity contribution in [2.75, 3.05) is 20.3 Å². The van der Waals surface area contributed by atoms with Crippen molar-refractivity contribution in [1.29, 1.82) is 0 Å². The molecule has 0 radical (unpaired) electrons. The highest BCUT2D eigenvalue weighted by molar-refractivity contribution is 5.97. The van der Waals surface area contributed by atoms with Crippen molar-refractivity contribution < 1.29 is 19.1 Å². The van der Waals surface area contributed by atoms with Gasteiger partial charge in [-0.25, -0.2) is 0 Å². The van der Waals surface area contributed by atoms with Crippen LogP contribution in [0.3, 0.4) is 0 Å². The number of rotatable bonds is 10. The van der Waals surface area contributed by atoms with Crippen LogP contribution in [-0.2, 0) is 11.2 Å². The molecule has 156 valence electrons. The Balaban J connectivity index is 1.93. The third-order valence-electron chi connectivity index (χ3n) is 4.55. The van der Waals surface area contributed by atoms with Gasteiger partial charge in [0, 0.05) is 12.1 Å². The highest BCUT2D eigenvalue weighted by atomic mass is 16.5. The Morgan fingerprint density at radius 2 is 1.72 bits per heavy atom. The molecule has 0 bridgehead atoms. The molecule has 2 rings (SSSR count). The monoisotopic (exact) mass is 398 g/mol. The first kappa shape index (κ1) is 22.3. The van der Waals surface area contributed by atoms with Gasteiger partial charge in [0.25, 0.3) is 5.91 Å². The number of ether oxygens (including phenoxy) is 2. The quantitative estimate of drug-likeness (QED) is 0.644. The second-order valence-corrected chi connectivity index (χ2v) is 7.01. The van der Waals surface area contributed by atoms with Gasteiger partial charge in [0.15, 0.2) is 0 Å². The summed E-state index contributed by atoms with van der Waals surface area (Å²) in [6.07, 6.45) is 0.646. The molecular weight excluding hydrogens is 368 g/mol. The number of amides is 2. The average Bonchev–Trinajstić information content (AvgIpc) is 2.72. The molecule has 1 atom stereocenters. The predicted octanol–water partition coefficient (Wildman–Crippen LogP) is 3.21. The molecule has 0 aliphatic carbocycles. The molecule has 0 heterocycles. The minimum Gasteiger partial charge on any atom is -0.496 e. The van der Waals surface area contributed by atoms with E-state index < -0.39 is 6.04 Å². The summed E-state index contributed by atoms with van der Waals surface area (Å²) in [6, 6.07) is 14.0. The third-order valence-corrected chi connectivity index (χ3v) is 4.55. The van der Waals surface area contributed by atoms with Crippen LogP contribution in [0, 0.1) is 5.92 Å². The molecule has 0 spiro atoms. The smallest absolute Gasteiger partial charge is 0.251 e. The molecule has 6 heteroatoms. The zero-order valence-corrected chi connectivity index (χ0v) is 17.5. The van der Waals surface area contributed by atoms with E-state index in [1.807, 2.05) is 45.0 Å². The summed E-state index contributed by atoms with van der Waals surface area (Å²) in [5.74, 6) is 0.971. The lowest BCUT2D eigenvalue weighted by Gasteiger charge is -2.22. The van der Waals surface area contributed by atoms with Crippen molar-refractivity contribution in [1.82, 2.24) is 10.6 Å². The van der Waals surface area contributed by atoms with Gasteiger partial charge in [0.2, 0.25) is 5.91 Å². The lowest BCUT2D eigenvalue weighted by atomic mass is 10.0. The number of methoxy groups -OCH3 is 1. The maximum Gasteiger partial charge on any atom is 0.251 e. The number of carbonyl (C=O) groups excluding carboxylic acids is 2. The molecule has 0 aliphatic rings. The van der Waals surface area contributed by atoms with E-state index in [-0.39, 0.29) is 17.7 Å². The van der Waals surface area contributed by atoms with Crippen LogP contribution in [0.5, 0.6) is 11.5 Å². The van der Waals surface area contributed by atoms with E-state index in [9.17, 15) is 9.59 Å². The number of benzene rings is 2. The van der Waals surface area contributed by atoms with E-state index in [1.54, 1.807) is 31.4 Å². The maximum atomic E-state index is 12.7. The van der Waals surface area contributed by atoms with Gasteiger partial charge in [-0.3, -0.25) is 9.59 Å². The van der Waals surface area contributed by atoms with Gasteiger partial charge >= 0.3 is 0 Å². The van der Waals surface area contributed by atoms with Crippen LogP contribution >= 0.6 is 0 Å². The van der Waals surface area contributed by atoms with E-state index in [0.29, 0.717) is 30.9 Å². The summed E-state index contributed by atoms with van der Waals surface area (Å²) in [7, 11) is 1.63. The number of nitrogens with one attached hydrogen (secondary N) is 2. The van der Waals surface area contributed by atoms with Crippen LogP contribution in [0.1, 0.15) is 36.7 Å². The summed E-state index contributed by atoms with van der Waals surface area (Å²) >= 11 is 0. The van der Waals surface area contributed by atoms with Gasteiger partial charge in [0.05, 0.1) is 13.7 Å². The number of hydrogen-bond acceptors (Lipinski definition) is 4. The minimum absolute atomic E-state index is 0.0482. The molecule has 29 heavy (non-hydrogen) atoms. The van der Waals surface area contributed by atoms with Gasteiger partial charge in [-0.2, -0.15) is 0 Å². The molecule has 1 unspecified atom stereocenters. The van der Waals surface area contributed by atoms with Crippen molar-refractivity contribution in [2.45, 2.75) is 33.2 Å². The van der Waals surface area contributed by atoms with E-state index >= 15 is 0 Å². The van der Waals surface area contributed by atoms with Crippen LogP contribution in [0.2, 0.25) is 0 Å². The Hall–Kier alpha value is -3.02. The fraction of sp³-hybridized carbons (Fsp3) is 0.391. The van der Waals surface area contributed by atoms with E-state index in [1.165, 1.54) is 0 Å². The first-order valence-electron chi connectivity index (χ1n) is 9.89. The summed E-state index contributed by atoms with van der Waals surface area (Å²) < 4.78 is 10.7. The topological polar surface area (TPSA) is 76.7 Å². The Labute approximate surface area is 172 Å². The van der Waals surface area contributed by atoms with Gasteiger partial charge < -0.3 is 20.1 Å². The molecular formula is C23H30N2O4. The van der Waals surface area contributed by atoms with Crippen molar-refractivity contribution in [3.8, 4) is 11.5 Å². The molecule has 0 aromatic heterocycles. The molecule has 0 fully saturated rings. The van der Waals surface area contributed by atoms with Gasteiger partial charge in [-0.15, -0.1) is 0 Å². The normalized spacial score (nSPS) is 11.6. The number of carbonyl (C=O) groups is 2. The second-order valence-electron chi connectivity index (χ2n) is 7.01. The first-order chi connectivity index (χ1) is 14.0. The van der Waals surface area contributed by atoms with Gasteiger partial charge in [0.1, 0.15) is 17.5 Å². The first-order valence-corrected chi connectivity index (χ1v) is 9.89. The average molecular weight is 399 g/mol. The van der Waals surface area contributed by atoms with Crippen LogP contribution in [0.25, 0.3) is 0 Å². The molecule has 2 N–H and O–H groups in total. The highest BCUT2D eigenvalue weighted by Gasteiger charge is 2.24.